The molecule has 1 saturated heterocycles. The lowest BCUT2D eigenvalue weighted by atomic mass is 9.95. The van der Waals surface area contributed by atoms with E-state index in [9.17, 15) is 14.4 Å². The molecule has 0 radical (unpaired) electrons. The van der Waals surface area contributed by atoms with Crippen molar-refractivity contribution in [2.75, 3.05) is 26.5 Å². The van der Waals surface area contributed by atoms with Gasteiger partial charge in [-0.05, 0) is 48.4 Å². The van der Waals surface area contributed by atoms with Crippen LogP contribution in [0.2, 0.25) is 10.0 Å². The van der Waals surface area contributed by atoms with Crippen LogP contribution >= 0.6 is 35.0 Å². The lowest BCUT2D eigenvalue weighted by Crippen LogP contribution is -2.48. The largest absolute Gasteiger partial charge is 0.467 e. The van der Waals surface area contributed by atoms with E-state index >= 15 is 0 Å². The summed E-state index contributed by atoms with van der Waals surface area (Å²) in [5.41, 5.74) is 2.56. The van der Waals surface area contributed by atoms with Crippen molar-refractivity contribution < 1.29 is 19.1 Å². The van der Waals surface area contributed by atoms with Crippen LogP contribution in [0.4, 0.5) is 0 Å². The molecular weight excluding hydrogens is 545 g/mol. The molecule has 1 aliphatic heterocycles. The first-order valence-corrected chi connectivity index (χ1v) is 14.2. The number of aromatic amines is 1. The van der Waals surface area contributed by atoms with E-state index in [0.717, 1.165) is 21.4 Å². The maximum absolute atomic E-state index is 13.1. The Morgan fingerprint density at radius 1 is 1.16 bits per heavy atom. The minimum atomic E-state index is -0.802. The molecule has 0 unspecified atom stereocenters. The predicted molar refractivity (Wildman–Crippen MR) is 153 cm³/mol. The van der Waals surface area contributed by atoms with Crippen LogP contribution in [0.5, 0.6) is 0 Å². The molecule has 2 heterocycles. The fraction of sp³-hybridized carbons (Fsp3) is 0.321. The van der Waals surface area contributed by atoms with Crippen molar-refractivity contribution in [2.24, 2.45) is 5.92 Å². The van der Waals surface area contributed by atoms with E-state index in [0.29, 0.717) is 48.0 Å². The molecule has 2 aromatic carbocycles. The summed E-state index contributed by atoms with van der Waals surface area (Å²) in [6.45, 7) is 0.874. The van der Waals surface area contributed by atoms with Gasteiger partial charge in [0.1, 0.15) is 6.04 Å². The summed E-state index contributed by atoms with van der Waals surface area (Å²) >= 11 is 14.1. The third kappa shape index (κ3) is 6.37. The third-order valence-corrected chi connectivity index (χ3v) is 8.57. The monoisotopic (exact) mass is 573 g/mol. The van der Waals surface area contributed by atoms with Crippen molar-refractivity contribution in [3.63, 3.8) is 0 Å². The van der Waals surface area contributed by atoms with Gasteiger partial charge in [-0.25, -0.2) is 4.79 Å². The van der Waals surface area contributed by atoms with Crippen LogP contribution in [0, 0.1) is 5.92 Å². The van der Waals surface area contributed by atoms with Gasteiger partial charge in [0, 0.05) is 53.5 Å². The number of H-pyrrole nitrogens is 1. The number of nitrogens with zero attached hydrogens (tertiary/aromatic N) is 1. The van der Waals surface area contributed by atoms with Gasteiger partial charge in [0.05, 0.1) is 17.2 Å². The Kier molecular flexibility index (Phi) is 9.41. The molecule has 3 aromatic rings. The van der Waals surface area contributed by atoms with Gasteiger partial charge < -0.3 is 19.9 Å². The Morgan fingerprint density at radius 2 is 1.89 bits per heavy atom. The molecule has 0 aliphatic carbocycles. The zero-order chi connectivity index (χ0) is 27.2. The number of esters is 1. The number of aromatic nitrogens is 1. The van der Waals surface area contributed by atoms with Crippen LogP contribution in [0.25, 0.3) is 17.0 Å². The highest BCUT2D eigenvalue weighted by molar-refractivity contribution is 7.98. The van der Waals surface area contributed by atoms with Crippen molar-refractivity contribution >= 4 is 69.7 Å². The number of carbonyl (C=O) groups excluding carboxylic acids is 3. The van der Waals surface area contributed by atoms with Gasteiger partial charge in [-0.3, -0.25) is 9.59 Å². The van der Waals surface area contributed by atoms with Gasteiger partial charge in [-0.15, -0.1) is 11.8 Å². The highest BCUT2D eigenvalue weighted by atomic mass is 35.5. The highest BCUT2D eigenvalue weighted by Crippen LogP contribution is 2.35. The zero-order valence-corrected chi connectivity index (χ0v) is 23.5. The Bertz CT molecular complexity index is 1370. The van der Waals surface area contributed by atoms with Crippen molar-refractivity contribution in [1.82, 2.24) is 15.2 Å². The summed E-state index contributed by atoms with van der Waals surface area (Å²) in [6, 6.07) is 10.7. The van der Waals surface area contributed by atoms with Gasteiger partial charge in [-0.1, -0.05) is 47.5 Å². The first-order chi connectivity index (χ1) is 18.3. The molecule has 0 bridgehead atoms. The number of thioether (sulfide) groups is 1. The number of benzene rings is 2. The second-order valence-corrected chi connectivity index (χ2v) is 10.7. The number of rotatable bonds is 8. The Hall–Kier alpha value is -2.94. The number of hydrogen-bond acceptors (Lipinski definition) is 5. The number of likely N-dealkylation sites (tertiary alicyclic amines) is 1. The summed E-state index contributed by atoms with van der Waals surface area (Å²) in [4.78, 5) is 44.1. The number of hydrogen-bond donors (Lipinski definition) is 2. The average Bonchev–Trinajstić information content (AvgIpc) is 3.35. The summed E-state index contributed by atoms with van der Waals surface area (Å²) < 4.78 is 4.96. The van der Waals surface area contributed by atoms with Gasteiger partial charge >= 0.3 is 5.97 Å². The maximum Gasteiger partial charge on any atom is 0.328 e. The van der Waals surface area contributed by atoms with Crippen LogP contribution < -0.4 is 5.32 Å². The number of amides is 2. The molecule has 7 nitrogen and oxygen atoms in total. The summed E-state index contributed by atoms with van der Waals surface area (Å²) in [7, 11) is 1.31. The minimum absolute atomic E-state index is 0.156. The molecule has 2 amide bonds. The number of nitrogens with one attached hydrogen (secondary N) is 2. The Labute approximate surface area is 235 Å². The van der Waals surface area contributed by atoms with Crippen molar-refractivity contribution in [1.29, 1.82) is 0 Å². The normalized spacial score (nSPS) is 15.1. The van der Waals surface area contributed by atoms with Gasteiger partial charge in [0.25, 0.3) is 0 Å². The highest BCUT2D eigenvalue weighted by Gasteiger charge is 2.30. The van der Waals surface area contributed by atoms with Crippen molar-refractivity contribution in [3.8, 4) is 0 Å². The Morgan fingerprint density at radius 3 is 2.61 bits per heavy atom. The fourth-order valence-corrected chi connectivity index (χ4v) is 5.78. The zero-order valence-electron chi connectivity index (χ0n) is 21.1. The van der Waals surface area contributed by atoms with Crippen LogP contribution in [-0.4, -0.2) is 60.2 Å². The quantitative estimate of drug-likeness (QED) is 0.215. The smallest absolute Gasteiger partial charge is 0.328 e. The third-order valence-electron chi connectivity index (χ3n) is 6.78. The summed E-state index contributed by atoms with van der Waals surface area (Å²) in [5, 5.41) is 4.75. The molecule has 0 spiro atoms. The molecule has 1 fully saturated rings. The van der Waals surface area contributed by atoms with Gasteiger partial charge in [0.15, 0.2) is 0 Å². The van der Waals surface area contributed by atoms with Crippen molar-refractivity contribution in [3.05, 3.63) is 69.8 Å². The number of fused-ring (bicyclic) bond motifs is 1. The number of piperidine rings is 1. The van der Waals surface area contributed by atoms with E-state index in [1.807, 2.05) is 48.9 Å². The predicted octanol–water partition coefficient (Wildman–Crippen LogP) is 5.35. The molecule has 4 rings (SSSR count). The van der Waals surface area contributed by atoms with Crippen LogP contribution in [0.1, 0.15) is 24.0 Å². The standard InChI is InChI=1S/C28H29Cl2N3O4S/c1-37-28(36)22(15-19-16-31-21-6-4-3-5-20(19)21)32-27(35)18-11-13-33(14-12-18)24(34)10-8-17-7-9-23(38-2)26(30)25(17)29/h3-10,16,18,22,31H,11-15H2,1-2H3,(H,32,35)/b10-8+/t22-/m0/s1. The minimum Gasteiger partial charge on any atom is -0.467 e. The molecule has 38 heavy (non-hydrogen) atoms. The molecule has 10 heteroatoms. The topological polar surface area (TPSA) is 91.5 Å². The molecule has 0 saturated carbocycles. The molecular formula is C28H29Cl2N3O4S. The number of ether oxygens (including phenoxy) is 1. The van der Waals surface area contributed by atoms with E-state index in [2.05, 4.69) is 10.3 Å². The second kappa shape index (κ2) is 12.7. The van der Waals surface area contributed by atoms with Gasteiger partial charge in [-0.2, -0.15) is 0 Å². The SMILES string of the molecule is COC(=O)[C@H](Cc1c[nH]c2ccccc12)NC(=O)C1CCN(C(=O)/C=C/c2ccc(SC)c(Cl)c2Cl)CC1. The average molecular weight is 575 g/mol. The molecule has 1 atom stereocenters. The van der Waals surface area contributed by atoms with E-state index in [1.165, 1.54) is 24.9 Å². The van der Waals surface area contributed by atoms with Crippen LogP contribution in [-0.2, 0) is 25.5 Å². The first kappa shape index (κ1) is 28.1. The number of methoxy groups -OCH3 is 1. The lowest BCUT2D eigenvalue weighted by Gasteiger charge is -2.31. The van der Waals surface area contributed by atoms with Gasteiger partial charge in [0.2, 0.25) is 11.8 Å². The van der Waals surface area contributed by atoms with Crippen LogP contribution in [0.3, 0.4) is 0 Å². The second-order valence-electron chi connectivity index (χ2n) is 9.07. The fourth-order valence-electron chi connectivity index (χ4n) is 4.61. The molecule has 2 N–H and O–H groups in total. The van der Waals surface area contributed by atoms with E-state index in [4.69, 9.17) is 27.9 Å². The van der Waals surface area contributed by atoms with E-state index < -0.39 is 12.0 Å². The Balaban J connectivity index is 1.34. The number of carbonyl (C=O) groups is 3. The van der Waals surface area contributed by atoms with E-state index in [-0.39, 0.29) is 17.7 Å². The number of halogens is 2. The van der Waals surface area contributed by atoms with Crippen LogP contribution in [0.15, 0.2) is 53.6 Å². The lowest BCUT2D eigenvalue weighted by molar-refractivity contribution is -0.145. The first-order valence-electron chi connectivity index (χ1n) is 12.2. The summed E-state index contributed by atoms with van der Waals surface area (Å²) in [5.74, 6) is -1.16. The summed E-state index contributed by atoms with van der Waals surface area (Å²) in [6.07, 6.45) is 8.22. The number of para-hydroxylation sites is 1. The van der Waals surface area contributed by atoms with Crippen molar-refractivity contribution in [2.45, 2.75) is 30.2 Å². The molecule has 1 aromatic heterocycles. The molecule has 1 aliphatic rings. The molecule has 200 valence electrons. The maximum atomic E-state index is 13.1. The van der Waals surface area contributed by atoms with E-state index in [1.54, 1.807) is 11.0 Å².